The van der Waals surface area contributed by atoms with E-state index < -0.39 is 0 Å². The van der Waals surface area contributed by atoms with Gasteiger partial charge in [0.15, 0.2) is 0 Å². The summed E-state index contributed by atoms with van der Waals surface area (Å²) in [5.41, 5.74) is 9.21. The zero-order chi connectivity index (χ0) is 11.4. The summed E-state index contributed by atoms with van der Waals surface area (Å²) in [6, 6.07) is 5.78. The first-order valence-corrected chi connectivity index (χ1v) is 4.94. The molecule has 0 aliphatic rings. The fraction of sp³-hybridized carbons (Fsp3) is 0.417. The van der Waals surface area contributed by atoms with E-state index in [1.165, 1.54) is 7.11 Å². The van der Waals surface area contributed by atoms with Crippen LogP contribution in [0.2, 0.25) is 0 Å². The van der Waals surface area contributed by atoms with Crippen molar-refractivity contribution in [3.8, 4) is 0 Å². The molecule has 1 aromatic carbocycles. The Morgan fingerprint density at radius 1 is 1.47 bits per heavy atom. The van der Waals surface area contributed by atoms with E-state index in [-0.39, 0.29) is 18.4 Å². The van der Waals surface area contributed by atoms with Gasteiger partial charge in [0.1, 0.15) is 0 Å². The summed E-state index contributed by atoms with van der Waals surface area (Å²) in [7, 11) is 1.37. The molecule has 0 unspecified atom stereocenters. The Labute approximate surface area is 90.2 Å². The van der Waals surface area contributed by atoms with Crippen LogP contribution in [0.5, 0.6) is 0 Å². The minimum absolute atomic E-state index is 0.223. The fourth-order valence-electron chi connectivity index (χ4n) is 1.53. The second kappa shape index (κ2) is 4.94. The van der Waals surface area contributed by atoms with Crippen LogP contribution in [0.1, 0.15) is 29.2 Å². The predicted molar refractivity (Wildman–Crippen MR) is 59.5 cm³/mol. The molecule has 82 valence electrons. The van der Waals surface area contributed by atoms with Crippen LogP contribution in [0.15, 0.2) is 18.2 Å². The molecule has 0 radical (unpaired) electrons. The third-order valence-corrected chi connectivity index (χ3v) is 2.45. The van der Waals surface area contributed by atoms with Gasteiger partial charge in [0, 0.05) is 6.04 Å². The number of nitrogens with two attached hydrogens (primary N) is 1. The van der Waals surface area contributed by atoms with E-state index in [4.69, 9.17) is 5.73 Å². The van der Waals surface area contributed by atoms with Gasteiger partial charge in [0.25, 0.3) is 0 Å². The normalized spacial score (nSPS) is 12.3. The maximum Gasteiger partial charge on any atom is 0.307 e. The van der Waals surface area contributed by atoms with E-state index in [1.807, 2.05) is 32.0 Å². The standard InChI is InChI=1S/C12H17NO2/c1-8-4-5-9(2)10(6-8)11(13)7-12(14)15-3/h4-6,11H,7,13H2,1-3H3/t11-/m1/s1. The van der Waals surface area contributed by atoms with Crippen molar-refractivity contribution < 1.29 is 9.53 Å². The van der Waals surface area contributed by atoms with Crippen LogP contribution in [0.3, 0.4) is 0 Å². The molecule has 0 aromatic heterocycles. The van der Waals surface area contributed by atoms with Crippen LogP contribution in [0, 0.1) is 13.8 Å². The third kappa shape index (κ3) is 3.06. The summed E-state index contributed by atoms with van der Waals surface area (Å²) in [5, 5.41) is 0. The van der Waals surface area contributed by atoms with Crippen LogP contribution in [0.4, 0.5) is 0 Å². The lowest BCUT2D eigenvalue weighted by Gasteiger charge is -2.14. The molecule has 2 N–H and O–H groups in total. The van der Waals surface area contributed by atoms with Crippen molar-refractivity contribution in [3.63, 3.8) is 0 Å². The lowest BCUT2D eigenvalue weighted by molar-refractivity contribution is -0.141. The summed E-state index contributed by atoms with van der Waals surface area (Å²) in [6.07, 6.45) is 0.223. The van der Waals surface area contributed by atoms with Gasteiger partial charge in [-0.25, -0.2) is 0 Å². The Morgan fingerprint density at radius 3 is 2.73 bits per heavy atom. The Kier molecular flexibility index (Phi) is 3.86. The lowest BCUT2D eigenvalue weighted by atomic mass is 9.97. The molecule has 0 amide bonds. The summed E-state index contributed by atoms with van der Waals surface area (Å²) in [4.78, 5) is 11.1. The number of methoxy groups -OCH3 is 1. The van der Waals surface area contributed by atoms with E-state index in [0.717, 1.165) is 16.7 Å². The van der Waals surface area contributed by atoms with E-state index in [9.17, 15) is 4.79 Å². The summed E-state index contributed by atoms with van der Waals surface area (Å²) in [6.45, 7) is 4.00. The van der Waals surface area contributed by atoms with Gasteiger partial charge in [0.2, 0.25) is 0 Å². The largest absolute Gasteiger partial charge is 0.469 e. The van der Waals surface area contributed by atoms with Crippen LogP contribution >= 0.6 is 0 Å². The Balaban J connectivity index is 2.85. The number of esters is 1. The van der Waals surface area contributed by atoms with Crippen LogP contribution in [-0.4, -0.2) is 13.1 Å². The van der Waals surface area contributed by atoms with Crippen LogP contribution in [0.25, 0.3) is 0 Å². The van der Waals surface area contributed by atoms with Gasteiger partial charge < -0.3 is 10.5 Å². The van der Waals surface area contributed by atoms with Crippen molar-refractivity contribution in [2.45, 2.75) is 26.3 Å². The minimum Gasteiger partial charge on any atom is -0.469 e. The first kappa shape index (κ1) is 11.7. The number of carbonyl (C=O) groups excluding carboxylic acids is 1. The highest BCUT2D eigenvalue weighted by Crippen LogP contribution is 2.20. The number of hydrogen-bond acceptors (Lipinski definition) is 3. The number of aryl methyl sites for hydroxylation is 2. The molecule has 1 aromatic rings. The molecule has 0 aliphatic carbocycles. The molecule has 3 nitrogen and oxygen atoms in total. The zero-order valence-electron chi connectivity index (χ0n) is 9.41. The van der Waals surface area contributed by atoms with Gasteiger partial charge >= 0.3 is 5.97 Å². The molecule has 0 fully saturated rings. The number of rotatable bonds is 3. The van der Waals surface area contributed by atoms with Crippen LogP contribution in [-0.2, 0) is 9.53 Å². The minimum atomic E-state index is -0.280. The van der Waals surface area contributed by atoms with Crippen molar-refractivity contribution in [2.24, 2.45) is 5.73 Å². The number of hydrogen-bond donors (Lipinski definition) is 1. The van der Waals surface area contributed by atoms with Crippen molar-refractivity contribution >= 4 is 5.97 Å². The lowest BCUT2D eigenvalue weighted by Crippen LogP contribution is -2.17. The average Bonchev–Trinajstić information content (AvgIpc) is 2.21. The van der Waals surface area contributed by atoms with Gasteiger partial charge in [-0.3, -0.25) is 4.79 Å². The molecular weight excluding hydrogens is 190 g/mol. The topological polar surface area (TPSA) is 52.3 Å². The first-order valence-electron chi connectivity index (χ1n) is 4.94. The molecule has 0 bridgehead atoms. The third-order valence-electron chi connectivity index (χ3n) is 2.45. The quantitative estimate of drug-likeness (QED) is 0.770. The monoisotopic (exact) mass is 207 g/mol. The second-order valence-corrected chi connectivity index (χ2v) is 3.75. The molecule has 0 spiro atoms. The van der Waals surface area contributed by atoms with Gasteiger partial charge in [-0.1, -0.05) is 23.8 Å². The zero-order valence-corrected chi connectivity index (χ0v) is 9.41. The molecule has 0 aliphatic heterocycles. The highest BCUT2D eigenvalue weighted by Gasteiger charge is 2.13. The molecular formula is C12H17NO2. The van der Waals surface area contributed by atoms with E-state index in [0.29, 0.717) is 0 Å². The van der Waals surface area contributed by atoms with E-state index in [1.54, 1.807) is 0 Å². The molecule has 0 heterocycles. The highest BCUT2D eigenvalue weighted by atomic mass is 16.5. The molecule has 0 saturated heterocycles. The number of benzene rings is 1. The van der Waals surface area contributed by atoms with Gasteiger partial charge in [-0.05, 0) is 25.0 Å². The van der Waals surface area contributed by atoms with E-state index >= 15 is 0 Å². The van der Waals surface area contributed by atoms with Crippen molar-refractivity contribution in [1.29, 1.82) is 0 Å². The van der Waals surface area contributed by atoms with E-state index in [2.05, 4.69) is 4.74 Å². The SMILES string of the molecule is COC(=O)C[C@@H](N)c1cc(C)ccc1C. The second-order valence-electron chi connectivity index (χ2n) is 3.75. The maximum absolute atomic E-state index is 11.1. The maximum atomic E-state index is 11.1. The smallest absolute Gasteiger partial charge is 0.307 e. The van der Waals surface area contributed by atoms with Crippen LogP contribution < -0.4 is 5.73 Å². The van der Waals surface area contributed by atoms with Crippen molar-refractivity contribution in [1.82, 2.24) is 0 Å². The number of ether oxygens (including phenoxy) is 1. The molecule has 15 heavy (non-hydrogen) atoms. The van der Waals surface area contributed by atoms with Gasteiger partial charge in [-0.2, -0.15) is 0 Å². The summed E-state index contributed by atoms with van der Waals surface area (Å²) >= 11 is 0. The van der Waals surface area contributed by atoms with Crippen molar-refractivity contribution in [2.75, 3.05) is 7.11 Å². The number of carbonyl (C=O) groups is 1. The molecule has 3 heteroatoms. The van der Waals surface area contributed by atoms with Gasteiger partial charge in [-0.15, -0.1) is 0 Å². The average molecular weight is 207 g/mol. The first-order chi connectivity index (χ1) is 7.04. The molecule has 0 saturated carbocycles. The Hall–Kier alpha value is -1.35. The highest BCUT2D eigenvalue weighted by molar-refractivity contribution is 5.70. The van der Waals surface area contributed by atoms with Crippen molar-refractivity contribution in [3.05, 3.63) is 34.9 Å². The fourth-order valence-corrected chi connectivity index (χ4v) is 1.53. The Bertz CT molecular complexity index is 361. The molecule has 1 atom stereocenters. The summed E-state index contributed by atoms with van der Waals surface area (Å²) < 4.78 is 4.59. The summed E-state index contributed by atoms with van der Waals surface area (Å²) in [5.74, 6) is -0.275. The molecule has 1 rings (SSSR count). The van der Waals surface area contributed by atoms with Gasteiger partial charge in [0.05, 0.1) is 13.5 Å². The Morgan fingerprint density at radius 2 is 2.13 bits per heavy atom. The predicted octanol–water partition coefficient (Wildman–Crippen LogP) is 1.87.